The zero-order valence-corrected chi connectivity index (χ0v) is 16.2. The van der Waals surface area contributed by atoms with E-state index in [0.717, 1.165) is 12.8 Å². The third kappa shape index (κ3) is 8.06. The number of allylic oxidation sites excluding steroid dienone is 2. The standard InChI is InChI=1S/C21H36O4/c1-4-5-6-7-8-9-10-15-19(16(2)3)25-21(24)18-14-12-11-13-17(18)20(22)23/h11-12,16-19H,4-10,13-15H2,1-3H3,(H,22,23). The largest absolute Gasteiger partial charge is 0.481 e. The lowest BCUT2D eigenvalue weighted by Gasteiger charge is -2.28. The van der Waals surface area contributed by atoms with Gasteiger partial charge >= 0.3 is 11.9 Å². The van der Waals surface area contributed by atoms with Gasteiger partial charge in [0.15, 0.2) is 0 Å². The first-order valence-corrected chi connectivity index (χ1v) is 10.1. The molecule has 0 aromatic carbocycles. The summed E-state index contributed by atoms with van der Waals surface area (Å²) in [6, 6.07) is 0. The Kier molecular flexibility index (Phi) is 10.5. The summed E-state index contributed by atoms with van der Waals surface area (Å²) in [5.41, 5.74) is 0. The van der Waals surface area contributed by atoms with E-state index in [9.17, 15) is 14.7 Å². The molecule has 0 aliphatic heterocycles. The number of esters is 1. The van der Waals surface area contributed by atoms with Gasteiger partial charge in [0, 0.05) is 0 Å². The Hall–Kier alpha value is -1.32. The van der Waals surface area contributed by atoms with E-state index >= 15 is 0 Å². The predicted octanol–water partition coefficient (Wildman–Crippen LogP) is 5.36. The number of rotatable bonds is 12. The van der Waals surface area contributed by atoms with Crippen LogP contribution in [0, 0.1) is 17.8 Å². The molecule has 0 bridgehead atoms. The van der Waals surface area contributed by atoms with Crippen LogP contribution < -0.4 is 0 Å². The van der Waals surface area contributed by atoms with E-state index in [1.807, 2.05) is 12.2 Å². The second-order valence-electron chi connectivity index (χ2n) is 7.62. The van der Waals surface area contributed by atoms with Crippen molar-refractivity contribution in [3.8, 4) is 0 Å². The molecule has 1 aliphatic rings. The first-order valence-electron chi connectivity index (χ1n) is 10.1. The van der Waals surface area contributed by atoms with Crippen molar-refractivity contribution in [2.24, 2.45) is 17.8 Å². The van der Waals surface area contributed by atoms with E-state index in [1.165, 1.54) is 38.5 Å². The van der Waals surface area contributed by atoms with Gasteiger partial charge in [-0.3, -0.25) is 9.59 Å². The maximum atomic E-state index is 12.5. The number of carboxylic acids is 1. The second kappa shape index (κ2) is 12.1. The third-order valence-corrected chi connectivity index (χ3v) is 5.16. The maximum absolute atomic E-state index is 12.5. The Morgan fingerprint density at radius 1 is 1.00 bits per heavy atom. The summed E-state index contributed by atoms with van der Waals surface area (Å²) < 4.78 is 5.74. The summed E-state index contributed by atoms with van der Waals surface area (Å²) in [4.78, 5) is 23.9. The van der Waals surface area contributed by atoms with E-state index in [-0.39, 0.29) is 18.0 Å². The fourth-order valence-corrected chi connectivity index (χ4v) is 3.42. The average Bonchev–Trinajstić information content (AvgIpc) is 2.59. The fourth-order valence-electron chi connectivity index (χ4n) is 3.42. The zero-order chi connectivity index (χ0) is 18.7. The van der Waals surface area contributed by atoms with Crippen LogP contribution in [0.2, 0.25) is 0 Å². The minimum Gasteiger partial charge on any atom is -0.481 e. The lowest BCUT2D eigenvalue weighted by molar-refractivity contribution is -0.164. The lowest BCUT2D eigenvalue weighted by Crippen LogP contribution is -2.35. The molecule has 4 heteroatoms. The Morgan fingerprint density at radius 3 is 2.12 bits per heavy atom. The molecule has 0 radical (unpaired) electrons. The highest BCUT2D eigenvalue weighted by Crippen LogP contribution is 2.28. The Labute approximate surface area is 153 Å². The van der Waals surface area contributed by atoms with Gasteiger partial charge in [0.1, 0.15) is 6.10 Å². The smallest absolute Gasteiger partial charge is 0.310 e. The molecule has 0 saturated carbocycles. The molecular formula is C21H36O4. The molecule has 0 aromatic rings. The first-order chi connectivity index (χ1) is 12.0. The van der Waals surface area contributed by atoms with Gasteiger partial charge in [-0.25, -0.2) is 0 Å². The third-order valence-electron chi connectivity index (χ3n) is 5.16. The predicted molar refractivity (Wildman–Crippen MR) is 100 cm³/mol. The molecule has 0 spiro atoms. The first kappa shape index (κ1) is 21.7. The zero-order valence-electron chi connectivity index (χ0n) is 16.2. The fraction of sp³-hybridized carbons (Fsp3) is 0.810. The molecule has 4 nitrogen and oxygen atoms in total. The van der Waals surface area contributed by atoms with Crippen molar-refractivity contribution in [2.75, 3.05) is 0 Å². The SMILES string of the molecule is CCCCCCCCCC(OC(=O)C1CC=CCC1C(=O)O)C(C)C. The molecule has 3 atom stereocenters. The van der Waals surface area contributed by atoms with E-state index in [2.05, 4.69) is 20.8 Å². The average molecular weight is 353 g/mol. The summed E-state index contributed by atoms with van der Waals surface area (Å²) in [7, 11) is 0. The summed E-state index contributed by atoms with van der Waals surface area (Å²) in [5, 5.41) is 9.32. The summed E-state index contributed by atoms with van der Waals surface area (Å²) in [5.74, 6) is -2.18. The molecule has 144 valence electrons. The number of ether oxygens (including phenoxy) is 1. The van der Waals surface area contributed by atoms with Gasteiger partial charge in [-0.15, -0.1) is 0 Å². The van der Waals surface area contributed by atoms with Gasteiger partial charge < -0.3 is 9.84 Å². The van der Waals surface area contributed by atoms with Crippen LogP contribution in [0.5, 0.6) is 0 Å². The van der Waals surface area contributed by atoms with E-state index in [1.54, 1.807) is 0 Å². The van der Waals surface area contributed by atoms with Crippen molar-refractivity contribution < 1.29 is 19.4 Å². The molecule has 0 fully saturated rings. The molecule has 1 aliphatic carbocycles. The maximum Gasteiger partial charge on any atom is 0.310 e. The highest BCUT2D eigenvalue weighted by molar-refractivity contribution is 5.81. The van der Waals surface area contributed by atoms with Gasteiger partial charge in [-0.1, -0.05) is 71.4 Å². The molecule has 0 aromatic heterocycles. The van der Waals surface area contributed by atoms with E-state index < -0.39 is 17.8 Å². The molecule has 0 heterocycles. The number of hydrogen-bond acceptors (Lipinski definition) is 3. The number of unbranched alkanes of at least 4 members (excludes halogenated alkanes) is 6. The highest BCUT2D eigenvalue weighted by Gasteiger charge is 2.36. The van der Waals surface area contributed by atoms with Crippen LogP contribution in [0.4, 0.5) is 0 Å². The molecule has 0 amide bonds. The van der Waals surface area contributed by atoms with E-state index in [0.29, 0.717) is 12.8 Å². The molecule has 0 saturated heterocycles. The van der Waals surface area contributed by atoms with Gasteiger partial charge in [-0.05, 0) is 31.6 Å². The van der Waals surface area contributed by atoms with Crippen molar-refractivity contribution >= 4 is 11.9 Å². The summed E-state index contributed by atoms with van der Waals surface area (Å²) in [6.07, 6.45) is 14.0. The van der Waals surface area contributed by atoms with E-state index in [4.69, 9.17) is 4.74 Å². The Morgan fingerprint density at radius 2 is 1.56 bits per heavy atom. The van der Waals surface area contributed by atoms with Gasteiger partial charge in [0.25, 0.3) is 0 Å². The Balaban J connectivity index is 2.41. The quantitative estimate of drug-likeness (QED) is 0.292. The summed E-state index contributed by atoms with van der Waals surface area (Å²) in [6.45, 7) is 6.35. The minimum absolute atomic E-state index is 0.108. The molecular weight excluding hydrogens is 316 g/mol. The topological polar surface area (TPSA) is 63.6 Å². The monoisotopic (exact) mass is 352 g/mol. The normalized spacial score (nSPS) is 21.3. The molecule has 3 unspecified atom stereocenters. The van der Waals surface area contributed by atoms with Crippen LogP contribution in [0.3, 0.4) is 0 Å². The van der Waals surface area contributed by atoms with Crippen molar-refractivity contribution in [3.63, 3.8) is 0 Å². The number of carbonyl (C=O) groups is 2. The number of carbonyl (C=O) groups excluding carboxylic acids is 1. The van der Waals surface area contributed by atoms with Crippen molar-refractivity contribution in [1.82, 2.24) is 0 Å². The highest BCUT2D eigenvalue weighted by atomic mass is 16.5. The summed E-state index contributed by atoms with van der Waals surface area (Å²) >= 11 is 0. The van der Waals surface area contributed by atoms with Gasteiger partial charge in [-0.2, -0.15) is 0 Å². The van der Waals surface area contributed by atoms with Gasteiger partial charge in [0.2, 0.25) is 0 Å². The number of hydrogen-bond donors (Lipinski definition) is 1. The number of aliphatic carboxylic acids is 1. The van der Waals surface area contributed by atoms with Crippen LogP contribution in [0.15, 0.2) is 12.2 Å². The van der Waals surface area contributed by atoms with Crippen LogP contribution >= 0.6 is 0 Å². The minimum atomic E-state index is -0.903. The van der Waals surface area contributed by atoms with Gasteiger partial charge in [0.05, 0.1) is 11.8 Å². The van der Waals surface area contributed by atoms with Crippen molar-refractivity contribution in [1.29, 1.82) is 0 Å². The lowest BCUT2D eigenvalue weighted by atomic mass is 9.83. The second-order valence-corrected chi connectivity index (χ2v) is 7.62. The van der Waals surface area contributed by atoms with Crippen LogP contribution in [-0.2, 0) is 14.3 Å². The van der Waals surface area contributed by atoms with Crippen molar-refractivity contribution in [3.05, 3.63) is 12.2 Å². The number of carboxylic acid groups (broad SMARTS) is 1. The molecule has 1 N–H and O–H groups in total. The molecule has 1 rings (SSSR count). The van der Waals surface area contributed by atoms with Crippen LogP contribution in [0.1, 0.15) is 85.0 Å². The van der Waals surface area contributed by atoms with Crippen LogP contribution in [-0.4, -0.2) is 23.1 Å². The van der Waals surface area contributed by atoms with Crippen LogP contribution in [0.25, 0.3) is 0 Å². The Bertz CT molecular complexity index is 428. The molecule has 25 heavy (non-hydrogen) atoms. The van der Waals surface area contributed by atoms with Crippen molar-refractivity contribution in [2.45, 2.75) is 91.1 Å².